The summed E-state index contributed by atoms with van der Waals surface area (Å²) in [6.07, 6.45) is 0.220. The third kappa shape index (κ3) is 2.62. The van der Waals surface area contributed by atoms with Crippen LogP contribution in [0.1, 0.15) is 12.0 Å². The van der Waals surface area contributed by atoms with Crippen molar-refractivity contribution in [3.05, 3.63) is 42.0 Å². The van der Waals surface area contributed by atoms with Gasteiger partial charge in [-0.25, -0.2) is 0 Å². The highest BCUT2D eigenvalue weighted by molar-refractivity contribution is 5.96. The molecule has 4 aliphatic carbocycles. The number of hydrogen-bond acceptors (Lipinski definition) is 2. The molecule has 5 rings (SSSR count). The summed E-state index contributed by atoms with van der Waals surface area (Å²) in [6.45, 7) is 0. The minimum absolute atomic E-state index is 0.0294. The smallest absolute Gasteiger partial charge is 0.416 e. The van der Waals surface area contributed by atoms with Crippen LogP contribution in [0.4, 0.5) is 18.9 Å². The van der Waals surface area contributed by atoms with E-state index >= 15 is 0 Å². The molecule has 0 unspecified atom stereocenters. The van der Waals surface area contributed by atoms with Gasteiger partial charge in [-0.1, -0.05) is 18.2 Å². The molecule has 25 heavy (non-hydrogen) atoms. The van der Waals surface area contributed by atoms with Crippen LogP contribution in [0.25, 0.3) is 0 Å². The quantitative estimate of drug-likeness (QED) is 0.820. The number of amides is 1. The molecule has 1 aromatic carbocycles. The molecule has 1 aromatic rings. The summed E-state index contributed by atoms with van der Waals surface area (Å²) in [4.78, 5) is 24.4. The van der Waals surface area contributed by atoms with Crippen molar-refractivity contribution in [3.63, 3.8) is 0 Å². The molecule has 2 fully saturated rings. The molecule has 2 saturated carbocycles. The molecule has 0 saturated heterocycles. The van der Waals surface area contributed by atoms with Gasteiger partial charge in [-0.2, -0.15) is 13.2 Å². The van der Waals surface area contributed by atoms with Gasteiger partial charge >= 0.3 is 12.1 Å². The number of allylic oxidation sites excluding steroid dienone is 2. The second-order valence-electron chi connectivity index (χ2n) is 7.06. The number of alkyl halides is 3. The number of carboxylic acid groups (broad SMARTS) is 1. The maximum atomic E-state index is 12.8. The minimum Gasteiger partial charge on any atom is -0.481 e. The first-order chi connectivity index (χ1) is 11.8. The number of nitrogens with one attached hydrogen (secondary N) is 1. The molecule has 1 amide bonds. The number of carbonyl (C=O) groups excluding carboxylic acids is 1. The number of hydrogen-bond donors (Lipinski definition) is 2. The molecule has 0 heterocycles. The lowest BCUT2D eigenvalue weighted by atomic mass is 9.62. The second kappa shape index (κ2) is 5.34. The van der Waals surface area contributed by atoms with Crippen LogP contribution in [0.5, 0.6) is 0 Å². The van der Waals surface area contributed by atoms with Crippen molar-refractivity contribution >= 4 is 17.6 Å². The van der Waals surface area contributed by atoms with Crippen LogP contribution in [-0.2, 0) is 15.8 Å². The van der Waals surface area contributed by atoms with E-state index in [1.165, 1.54) is 12.1 Å². The second-order valence-corrected chi connectivity index (χ2v) is 7.06. The molecule has 0 radical (unpaired) electrons. The summed E-state index contributed by atoms with van der Waals surface area (Å²) < 4.78 is 38.4. The Kier molecular flexibility index (Phi) is 3.46. The van der Waals surface area contributed by atoms with Crippen molar-refractivity contribution < 1.29 is 27.9 Å². The number of fused-ring (bicyclic) bond motifs is 1. The molecular weight excluding hydrogens is 335 g/mol. The minimum atomic E-state index is -4.50. The van der Waals surface area contributed by atoms with E-state index in [2.05, 4.69) is 5.32 Å². The topological polar surface area (TPSA) is 66.4 Å². The monoisotopic (exact) mass is 351 g/mol. The van der Waals surface area contributed by atoms with E-state index in [1.807, 2.05) is 12.2 Å². The van der Waals surface area contributed by atoms with Gasteiger partial charge in [0.05, 0.1) is 17.4 Å². The van der Waals surface area contributed by atoms with Gasteiger partial charge in [0.15, 0.2) is 0 Å². The van der Waals surface area contributed by atoms with Gasteiger partial charge in [0.25, 0.3) is 0 Å². The summed E-state index contributed by atoms with van der Waals surface area (Å²) in [5.74, 6) is -2.76. The third-order valence-electron chi connectivity index (χ3n) is 5.70. The molecule has 7 heteroatoms. The van der Waals surface area contributed by atoms with Crippen molar-refractivity contribution in [1.82, 2.24) is 0 Å². The first-order valence-electron chi connectivity index (χ1n) is 8.16. The molecule has 2 bridgehead atoms. The Morgan fingerprint density at radius 1 is 1.08 bits per heavy atom. The van der Waals surface area contributed by atoms with E-state index in [9.17, 15) is 27.9 Å². The van der Waals surface area contributed by atoms with E-state index in [-0.39, 0.29) is 17.5 Å². The van der Waals surface area contributed by atoms with Crippen LogP contribution < -0.4 is 5.32 Å². The molecule has 0 aromatic heterocycles. The molecule has 0 aliphatic heterocycles. The fourth-order valence-corrected chi connectivity index (χ4v) is 4.57. The molecule has 132 valence electrons. The van der Waals surface area contributed by atoms with Gasteiger partial charge in [0.1, 0.15) is 0 Å². The summed E-state index contributed by atoms with van der Waals surface area (Å²) in [6, 6.07) is 4.39. The summed E-state index contributed by atoms with van der Waals surface area (Å²) in [7, 11) is 0. The Labute approximate surface area is 141 Å². The Morgan fingerprint density at radius 2 is 1.72 bits per heavy atom. The normalized spacial score (nSPS) is 35.2. The lowest BCUT2D eigenvalue weighted by Crippen LogP contribution is -2.48. The highest BCUT2D eigenvalue weighted by Crippen LogP contribution is 2.63. The average molecular weight is 351 g/mol. The predicted octanol–water partition coefficient (Wildman–Crippen LogP) is 3.41. The number of carbonyl (C=O) groups is 2. The van der Waals surface area contributed by atoms with Gasteiger partial charge in [-0.3, -0.25) is 9.59 Å². The maximum absolute atomic E-state index is 12.8. The fourth-order valence-electron chi connectivity index (χ4n) is 4.57. The Bertz CT molecular complexity index is 773. The molecule has 4 nitrogen and oxygen atoms in total. The van der Waals surface area contributed by atoms with Gasteiger partial charge in [-0.15, -0.1) is 0 Å². The lowest BCUT2D eigenvalue weighted by Gasteiger charge is -2.41. The van der Waals surface area contributed by atoms with E-state index in [4.69, 9.17) is 0 Å². The first kappa shape index (κ1) is 16.2. The standard InChI is InChI=1S/C18H16F3NO3/c19-18(20,21)8-2-1-3-9(6-8)22-16(23)14-10-4-5-11(13-7-12(10)13)15(14)17(24)25/h1-6,10-15H,7H2,(H,22,23)(H,24,25)/t10-,11-,12-,13-,14+,15+/m0/s1. The van der Waals surface area contributed by atoms with E-state index in [0.717, 1.165) is 18.6 Å². The van der Waals surface area contributed by atoms with Crippen LogP contribution in [0, 0.1) is 35.5 Å². The third-order valence-corrected chi connectivity index (χ3v) is 5.70. The van der Waals surface area contributed by atoms with Crippen molar-refractivity contribution in [1.29, 1.82) is 0 Å². The Hall–Kier alpha value is -2.31. The Morgan fingerprint density at radius 3 is 2.32 bits per heavy atom. The predicted molar refractivity (Wildman–Crippen MR) is 82.4 cm³/mol. The highest BCUT2D eigenvalue weighted by Gasteiger charge is 2.62. The zero-order valence-corrected chi connectivity index (χ0v) is 13.0. The lowest BCUT2D eigenvalue weighted by molar-refractivity contribution is -0.152. The van der Waals surface area contributed by atoms with Crippen LogP contribution in [0.15, 0.2) is 36.4 Å². The Balaban J connectivity index is 1.59. The van der Waals surface area contributed by atoms with Crippen molar-refractivity contribution in [3.8, 4) is 0 Å². The van der Waals surface area contributed by atoms with Gasteiger partial charge < -0.3 is 10.4 Å². The molecule has 6 atom stereocenters. The largest absolute Gasteiger partial charge is 0.481 e. The van der Waals surface area contributed by atoms with Crippen molar-refractivity contribution in [2.45, 2.75) is 12.6 Å². The maximum Gasteiger partial charge on any atom is 0.416 e. The zero-order chi connectivity index (χ0) is 17.9. The number of benzene rings is 1. The summed E-state index contributed by atoms with van der Waals surface area (Å²) in [5.41, 5.74) is -0.825. The van der Waals surface area contributed by atoms with Crippen molar-refractivity contribution in [2.75, 3.05) is 5.32 Å². The van der Waals surface area contributed by atoms with Crippen LogP contribution in [-0.4, -0.2) is 17.0 Å². The van der Waals surface area contributed by atoms with Crippen LogP contribution in [0.3, 0.4) is 0 Å². The fraction of sp³-hybridized carbons (Fsp3) is 0.444. The molecule has 0 spiro atoms. The zero-order valence-electron chi connectivity index (χ0n) is 13.0. The van der Waals surface area contributed by atoms with E-state index in [0.29, 0.717) is 11.8 Å². The van der Waals surface area contributed by atoms with Crippen molar-refractivity contribution in [2.24, 2.45) is 35.5 Å². The highest BCUT2D eigenvalue weighted by atomic mass is 19.4. The molecular formula is C18H16F3NO3. The number of anilines is 1. The number of aliphatic carboxylic acids is 1. The van der Waals surface area contributed by atoms with Gasteiger partial charge in [0, 0.05) is 5.69 Å². The van der Waals surface area contributed by atoms with E-state index in [1.54, 1.807) is 0 Å². The van der Waals surface area contributed by atoms with Crippen LogP contribution >= 0.6 is 0 Å². The number of rotatable bonds is 3. The van der Waals surface area contributed by atoms with Crippen LogP contribution in [0.2, 0.25) is 0 Å². The molecule has 2 N–H and O–H groups in total. The van der Waals surface area contributed by atoms with Gasteiger partial charge in [-0.05, 0) is 48.3 Å². The number of carboxylic acids is 1. The summed E-state index contributed by atoms with van der Waals surface area (Å²) >= 11 is 0. The first-order valence-corrected chi connectivity index (χ1v) is 8.16. The number of halogens is 3. The average Bonchev–Trinajstić information content (AvgIpc) is 3.35. The van der Waals surface area contributed by atoms with Gasteiger partial charge in [0.2, 0.25) is 5.91 Å². The van der Waals surface area contributed by atoms with E-state index < -0.39 is 35.5 Å². The SMILES string of the molecule is O=C(O)[C@@H]1[C@H]2C=C[C@@H]([C@@H]3C[C@@H]23)[C@H]1C(=O)Nc1cccc(C(F)(F)F)c1. The summed E-state index contributed by atoms with van der Waals surface area (Å²) in [5, 5.41) is 12.1. The molecule has 4 aliphatic rings.